The summed E-state index contributed by atoms with van der Waals surface area (Å²) >= 11 is 0. The molecule has 0 radical (unpaired) electrons. The number of piperazine rings is 1. The summed E-state index contributed by atoms with van der Waals surface area (Å²) in [5.74, 6) is 1.14. The second kappa shape index (κ2) is 10.5. The highest BCUT2D eigenvalue weighted by Crippen LogP contribution is 2.29. The van der Waals surface area contributed by atoms with Gasteiger partial charge in [-0.25, -0.2) is 13.4 Å². The first kappa shape index (κ1) is 25.8. The maximum atomic E-state index is 12.3. The molecule has 1 saturated heterocycles. The zero-order valence-electron chi connectivity index (χ0n) is 22.0. The number of methoxy groups -OCH3 is 1. The van der Waals surface area contributed by atoms with Gasteiger partial charge in [0, 0.05) is 61.9 Å². The average molecular weight is 536 g/mol. The summed E-state index contributed by atoms with van der Waals surface area (Å²) in [4.78, 5) is 11.7. The minimum atomic E-state index is -3.43. The molecule has 0 bridgehead atoms. The standard InChI is InChI=1S/C27H33N7O3S/c1-19-16-28-12-14-34(19)23-7-5-22(6-8-23)30-27-29-17-20-11-13-33(26(20)31-27)18-21-15-24(37-3)9-10-25(21)32(2)38(4,35)36/h5-11,13,15,17,19,28H,12,14,16,18H2,1-4H3,(H,29,30,31)/t19-/m0/s1. The highest BCUT2D eigenvalue weighted by Gasteiger charge is 2.19. The monoisotopic (exact) mass is 535 g/mol. The van der Waals surface area contributed by atoms with Crippen LogP contribution in [-0.4, -0.2) is 69.0 Å². The highest BCUT2D eigenvalue weighted by atomic mass is 32.2. The van der Waals surface area contributed by atoms with Crippen LogP contribution in [0.25, 0.3) is 11.0 Å². The molecule has 0 aliphatic carbocycles. The third kappa shape index (κ3) is 5.39. The molecule has 2 aromatic carbocycles. The average Bonchev–Trinajstić information content (AvgIpc) is 3.30. The summed E-state index contributed by atoms with van der Waals surface area (Å²) in [6.07, 6.45) is 4.90. The van der Waals surface area contributed by atoms with Crippen LogP contribution in [0.5, 0.6) is 5.75 Å². The van der Waals surface area contributed by atoms with E-state index < -0.39 is 10.0 Å². The van der Waals surface area contributed by atoms with Crippen molar-refractivity contribution in [1.82, 2.24) is 19.9 Å². The van der Waals surface area contributed by atoms with Crippen LogP contribution in [-0.2, 0) is 16.6 Å². The molecule has 10 nitrogen and oxygen atoms in total. The second-order valence-corrected chi connectivity index (χ2v) is 11.6. The Balaban J connectivity index is 1.40. The Morgan fingerprint density at radius 2 is 1.97 bits per heavy atom. The Bertz CT molecular complexity index is 1540. The number of fused-ring (bicyclic) bond motifs is 1. The summed E-state index contributed by atoms with van der Waals surface area (Å²) < 4.78 is 33.2. The van der Waals surface area contributed by atoms with E-state index in [2.05, 4.69) is 39.6 Å². The van der Waals surface area contributed by atoms with Crippen LogP contribution in [0.1, 0.15) is 12.5 Å². The lowest BCUT2D eigenvalue weighted by atomic mass is 10.1. The van der Waals surface area contributed by atoms with Gasteiger partial charge in [-0.05, 0) is 61.0 Å². The molecular weight excluding hydrogens is 502 g/mol. The first-order valence-corrected chi connectivity index (χ1v) is 14.3. The number of hydrogen-bond acceptors (Lipinski definition) is 8. The molecular formula is C27H33N7O3S. The summed E-state index contributed by atoms with van der Waals surface area (Å²) in [6, 6.07) is 16.1. The molecule has 1 aliphatic rings. The van der Waals surface area contributed by atoms with Crippen LogP contribution < -0.4 is 24.6 Å². The van der Waals surface area contributed by atoms with Crippen molar-refractivity contribution in [3.8, 4) is 5.75 Å². The largest absolute Gasteiger partial charge is 0.497 e. The molecule has 2 N–H and O–H groups in total. The number of aromatic nitrogens is 3. The molecule has 5 rings (SSSR count). The van der Waals surface area contributed by atoms with E-state index in [0.717, 1.165) is 41.9 Å². The molecule has 4 aromatic rings. The van der Waals surface area contributed by atoms with Crippen molar-refractivity contribution in [1.29, 1.82) is 0 Å². The third-order valence-corrected chi connectivity index (χ3v) is 8.11. The quantitative estimate of drug-likeness (QED) is 0.354. The van der Waals surface area contributed by atoms with E-state index in [1.807, 2.05) is 35.0 Å². The minimum Gasteiger partial charge on any atom is -0.497 e. The van der Waals surface area contributed by atoms with E-state index in [1.165, 1.54) is 16.2 Å². The lowest BCUT2D eigenvalue weighted by Crippen LogP contribution is -2.49. The summed E-state index contributed by atoms with van der Waals surface area (Å²) in [5.41, 5.74) is 4.22. The van der Waals surface area contributed by atoms with Crippen molar-refractivity contribution in [3.63, 3.8) is 0 Å². The SMILES string of the molecule is COc1ccc(N(C)S(C)(=O)=O)c(Cn2ccc3cnc(Nc4ccc(N5CCNC[C@@H]5C)cc4)nc32)c1. The summed E-state index contributed by atoms with van der Waals surface area (Å²) in [7, 11) is -0.295. The Morgan fingerprint density at radius 3 is 2.68 bits per heavy atom. The number of sulfonamides is 1. The van der Waals surface area contributed by atoms with Gasteiger partial charge in [-0.2, -0.15) is 4.98 Å². The van der Waals surface area contributed by atoms with E-state index in [4.69, 9.17) is 9.72 Å². The van der Waals surface area contributed by atoms with Gasteiger partial charge in [-0.3, -0.25) is 4.31 Å². The van der Waals surface area contributed by atoms with E-state index >= 15 is 0 Å². The number of rotatable bonds is 8. The van der Waals surface area contributed by atoms with Crippen molar-refractivity contribution in [2.45, 2.75) is 19.5 Å². The zero-order chi connectivity index (χ0) is 26.9. The Morgan fingerprint density at radius 1 is 1.18 bits per heavy atom. The molecule has 11 heteroatoms. The number of ether oxygens (including phenoxy) is 1. The van der Waals surface area contributed by atoms with Gasteiger partial charge in [0.2, 0.25) is 16.0 Å². The van der Waals surface area contributed by atoms with E-state index in [-0.39, 0.29) is 0 Å². The molecule has 1 fully saturated rings. The maximum absolute atomic E-state index is 12.3. The van der Waals surface area contributed by atoms with Gasteiger partial charge >= 0.3 is 0 Å². The lowest BCUT2D eigenvalue weighted by molar-refractivity contribution is 0.414. The lowest BCUT2D eigenvalue weighted by Gasteiger charge is -2.36. The predicted molar refractivity (Wildman–Crippen MR) is 152 cm³/mol. The van der Waals surface area contributed by atoms with Gasteiger partial charge in [-0.15, -0.1) is 0 Å². The third-order valence-electron chi connectivity index (χ3n) is 6.92. The van der Waals surface area contributed by atoms with Gasteiger partial charge in [0.15, 0.2) is 0 Å². The molecule has 1 aliphatic heterocycles. The molecule has 3 heterocycles. The normalized spacial score (nSPS) is 16.0. The van der Waals surface area contributed by atoms with Gasteiger partial charge in [0.1, 0.15) is 11.4 Å². The molecule has 0 saturated carbocycles. The fourth-order valence-electron chi connectivity index (χ4n) is 4.73. The topological polar surface area (TPSA) is 105 Å². The van der Waals surface area contributed by atoms with Gasteiger partial charge in [-0.1, -0.05) is 0 Å². The summed E-state index contributed by atoms with van der Waals surface area (Å²) in [6.45, 7) is 5.59. The second-order valence-electron chi connectivity index (χ2n) is 9.56. The van der Waals surface area contributed by atoms with Crippen LogP contribution in [0.4, 0.5) is 23.0 Å². The van der Waals surface area contributed by atoms with Crippen molar-refractivity contribution in [2.75, 3.05) is 54.6 Å². The predicted octanol–water partition coefficient (Wildman–Crippen LogP) is 3.43. The molecule has 1 atom stereocenters. The molecule has 2 aromatic heterocycles. The van der Waals surface area contributed by atoms with Crippen molar-refractivity contribution in [2.24, 2.45) is 0 Å². The Labute approximate surface area is 223 Å². The Kier molecular flexibility index (Phi) is 7.13. The van der Waals surface area contributed by atoms with Crippen LogP contribution in [0, 0.1) is 0 Å². The first-order chi connectivity index (χ1) is 18.2. The van der Waals surface area contributed by atoms with Crippen LogP contribution in [0.3, 0.4) is 0 Å². The van der Waals surface area contributed by atoms with Crippen LogP contribution >= 0.6 is 0 Å². The van der Waals surface area contributed by atoms with Crippen LogP contribution in [0.15, 0.2) is 60.9 Å². The summed E-state index contributed by atoms with van der Waals surface area (Å²) in [5, 5.41) is 7.62. The molecule has 0 spiro atoms. The number of nitrogens with zero attached hydrogens (tertiary/aromatic N) is 5. The smallest absolute Gasteiger partial charge is 0.232 e. The van der Waals surface area contributed by atoms with E-state index in [9.17, 15) is 8.42 Å². The Hall–Kier alpha value is -3.83. The van der Waals surface area contributed by atoms with Gasteiger partial charge in [0.25, 0.3) is 0 Å². The van der Waals surface area contributed by atoms with E-state index in [0.29, 0.717) is 30.0 Å². The number of benzene rings is 2. The molecule has 200 valence electrons. The molecule has 0 unspecified atom stereocenters. The van der Waals surface area contributed by atoms with Crippen molar-refractivity contribution < 1.29 is 13.2 Å². The fraction of sp³-hybridized carbons (Fsp3) is 0.333. The van der Waals surface area contributed by atoms with Gasteiger partial charge in [0.05, 0.1) is 25.6 Å². The van der Waals surface area contributed by atoms with Crippen molar-refractivity contribution >= 4 is 44.1 Å². The van der Waals surface area contributed by atoms with Gasteiger partial charge < -0.3 is 24.8 Å². The minimum absolute atomic E-state index is 0.407. The number of anilines is 4. The highest BCUT2D eigenvalue weighted by molar-refractivity contribution is 7.92. The molecule has 0 amide bonds. The van der Waals surface area contributed by atoms with Crippen LogP contribution in [0.2, 0.25) is 0 Å². The molecule has 38 heavy (non-hydrogen) atoms. The fourth-order valence-corrected chi connectivity index (χ4v) is 5.27. The zero-order valence-corrected chi connectivity index (χ0v) is 22.9. The first-order valence-electron chi connectivity index (χ1n) is 12.5. The maximum Gasteiger partial charge on any atom is 0.232 e. The van der Waals surface area contributed by atoms with Crippen molar-refractivity contribution in [3.05, 3.63) is 66.5 Å². The van der Waals surface area contributed by atoms with E-state index in [1.54, 1.807) is 32.5 Å². The number of hydrogen-bond donors (Lipinski definition) is 2. The number of nitrogens with one attached hydrogen (secondary N) is 2.